The van der Waals surface area contributed by atoms with Gasteiger partial charge in [-0.25, -0.2) is 14.8 Å². The topological polar surface area (TPSA) is 92.9 Å². The molecule has 0 fully saturated rings. The molecule has 0 saturated carbocycles. The Bertz CT molecular complexity index is 1130. The van der Waals surface area contributed by atoms with Crippen LogP contribution in [0, 0.1) is 0 Å². The van der Waals surface area contributed by atoms with Gasteiger partial charge in [-0.2, -0.15) is 4.98 Å². The van der Waals surface area contributed by atoms with Gasteiger partial charge in [0, 0.05) is 18.0 Å². The molecule has 29 heavy (non-hydrogen) atoms. The van der Waals surface area contributed by atoms with Crippen molar-refractivity contribution in [1.29, 1.82) is 0 Å². The number of carbonyl (C=O) groups is 1. The Morgan fingerprint density at radius 3 is 2.38 bits per heavy atom. The molecule has 0 aliphatic heterocycles. The van der Waals surface area contributed by atoms with E-state index in [2.05, 4.69) is 20.3 Å². The van der Waals surface area contributed by atoms with Crippen LogP contribution in [0.15, 0.2) is 79.1 Å². The molecule has 2 aromatic heterocycles. The molecule has 7 nitrogen and oxygen atoms in total. The van der Waals surface area contributed by atoms with E-state index in [0.717, 1.165) is 11.1 Å². The smallest absolute Gasteiger partial charge is 0.356 e. The molecule has 0 aliphatic rings. The van der Waals surface area contributed by atoms with Crippen LogP contribution in [0.5, 0.6) is 0 Å². The van der Waals surface area contributed by atoms with Gasteiger partial charge in [-0.05, 0) is 18.6 Å². The van der Waals surface area contributed by atoms with Crippen LogP contribution in [0.4, 0.5) is 5.95 Å². The lowest BCUT2D eigenvalue weighted by atomic mass is 10.1. The predicted octanol–water partition coefficient (Wildman–Crippen LogP) is 4.20. The molecule has 0 radical (unpaired) electrons. The second-order valence-electron chi connectivity index (χ2n) is 6.51. The van der Waals surface area contributed by atoms with Crippen molar-refractivity contribution < 1.29 is 9.90 Å². The van der Waals surface area contributed by atoms with Crippen molar-refractivity contribution in [2.75, 3.05) is 5.32 Å². The van der Waals surface area contributed by atoms with Gasteiger partial charge >= 0.3 is 5.97 Å². The first kappa shape index (κ1) is 18.4. The van der Waals surface area contributed by atoms with Crippen LogP contribution in [-0.2, 0) is 0 Å². The number of benzene rings is 2. The first-order valence-corrected chi connectivity index (χ1v) is 9.15. The molecule has 1 atom stereocenters. The monoisotopic (exact) mass is 385 g/mol. The largest absolute Gasteiger partial charge is 0.476 e. The summed E-state index contributed by atoms with van der Waals surface area (Å²) in [5.74, 6) is 0.389. The zero-order valence-electron chi connectivity index (χ0n) is 15.7. The van der Waals surface area contributed by atoms with Gasteiger partial charge in [0.15, 0.2) is 5.69 Å². The zero-order valence-corrected chi connectivity index (χ0v) is 15.7. The van der Waals surface area contributed by atoms with Gasteiger partial charge in [-0.1, -0.05) is 60.7 Å². The predicted molar refractivity (Wildman–Crippen MR) is 110 cm³/mol. The van der Waals surface area contributed by atoms with Gasteiger partial charge in [0.2, 0.25) is 5.95 Å². The number of nitrogens with zero attached hydrogens (tertiary/aromatic N) is 4. The fraction of sp³-hybridized carbons (Fsp3) is 0.0909. The van der Waals surface area contributed by atoms with Crippen molar-refractivity contribution in [3.8, 4) is 17.2 Å². The third kappa shape index (κ3) is 3.98. The maximum absolute atomic E-state index is 11.5. The summed E-state index contributed by atoms with van der Waals surface area (Å²) in [5, 5.41) is 12.7. The number of aromatic nitrogens is 4. The summed E-state index contributed by atoms with van der Waals surface area (Å²) in [4.78, 5) is 24.6. The van der Waals surface area contributed by atoms with Crippen molar-refractivity contribution in [2.45, 2.75) is 13.0 Å². The van der Waals surface area contributed by atoms with Gasteiger partial charge in [-0.15, -0.1) is 0 Å². The molecule has 2 aromatic carbocycles. The van der Waals surface area contributed by atoms with Crippen LogP contribution in [0.25, 0.3) is 17.2 Å². The van der Waals surface area contributed by atoms with E-state index in [9.17, 15) is 9.90 Å². The highest BCUT2D eigenvalue weighted by Gasteiger charge is 2.17. The number of imidazole rings is 1. The van der Waals surface area contributed by atoms with Gasteiger partial charge in [0.05, 0.1) is 6.04 Å². The number of hydrogen-bond donors (Lipinski definition) is 2. The highest BCUT2D eigenvalue weighted by molar-refractivity contribution is 5.86. The molecule has 0 saturated heterocycles. The Hall–Kier alpha value is -4.00. The fourth-order valence-corrected chi connectivity index (χ4v) is 3.02. The fourth-order valence-electron chi connectivity index (χ4n) is 3.02. The van der Waals surface area contributed by atoms with Crippen LogP contribution < -0.4 is 5.32 Å². The SMILES string of the molecule is CC(Nc1nccc(-n2cc(C(=O)O)nc2-c2ccccc2)n1)c1ccccc1. The first-order chi connectivity index (χ1) is 14.1. The standard InChI is InChI=1S/C22H19N5O2/c1-15(16-8-4-2-5-9-16)24-22-23-13-12-19(26-22)27-14-18(21(28)29)25-20(27)17-10-6-3-7-11-17/h2-15H,1H3,(H,28,29)(H,23,24,26). The van der Waals surface area contributed by atoms with Crippen LogP contribution in [0.1, 0.15) is 29.0 Å². The lowest BCUT2D eigenvalue weighted by molar-refractivity contribution is 0.0691. The molecule has 144 valence electrons. The minimum atomic E-state index is -1.09. The summed E-state index contributed by atoms with van der Waals surface area (Å²) in [7, 11) is 0. The normalized spacial score (nSPS) is 11.8. The van der Waals surface area contributed by atoms with Gasteiger partial charge in [0.25, 0.3) is 0 Å². The summed E-state index contributed by atoms with van der Waals surface area (Å²) in [5.41, 5.74) is 1.86. The average Bonchev–Trinajstić information content (AvgIpc) is 3.21. The van der Waals surface area contributed by atoms with Crippen LogP contribution in [0.3, 0.4) is 0 Å². The number of carboxylic acid groups (broad SMARTS) is 1. The molecule has 7 heteroatoms. The van der Waals surface area contributed by atoms with E-state index in [1.54, 1.807) is 16.8 Å². The summed E-state index contributed by atoms with van der Waals surface area (Å²) in [6.45, 7) is 2.03. The summed E-state index contributed by atoms with van der Waals surface area (Å²) < 4.78 is 1.67. The Morgan fingerprint density at radius 2 is 1.69 bits per heavy atom. The molecule has 4 aromatic rings. The lowest BCUT2D eigenvalue weighted by Crippen LogP contribution is -2.10. The van der Waals surface area contributed by atoms with E-state index >= 15 is 0 Å². The molecule has 0 spiro atoms. The number of carboxylic acids is 1. The van der Waals surface area contributed by atoms with E-state index in [0.29, 0.717) is 17.6 Å². The van der Waals surface area contributed by atoms with Crippen LogP contribution in [-0.4, -0.2) is 30.6 Å². The second-order valence-corrected chi connectivity index (χ2v) is 6.51. The number of nitrogens with one attached hydrogen (secondary N) is 1. The number of rotatable bonds is 6. The quantitative estimate of drug-likeness (QED) is 0.517. The van der Waals surface area contributed by atoms with Crippen molar-refractivity contribution in [2.24, 2.45) is 0 Å². The maximum Gasteiger partial charge on any atom is 0.356 e. The molecular weight excluding hydrogens is 366 g/mol. The highest BCUT2D eigenvalue weighted by atomic mass is 16.4. The molecule has 0 amide bonds. The van der Waals surface area contributed by atoms with Crippen LogP contribution >= 0.6 is 0 Å². The zero-order chi connectivity index (χ0) is 20.2. The van der Waals surface area contributed by atoms with E-state index in [1.165, 1.54) is 6.20 Å². The Kier molecular flexibility index (Phi) is 5.03. The van der Waals surface area contributed by atoms with E-state index in [-0.39, 0.29) is 11.7 Å². The Labute approximate surface area is 167 Å². The molecular formula is C22H19N5O2. The minimum absolute atomic E-state index is 0.0115. The van der Waals surface area contributed by atoms with Crippen molar-refractivity contribution in [3.63, 3.8) is 0 Å². The van der Waals surface area contributed by atoms with Crippen LogP contribution in [0.2, 0.25) is 0 Å². The molecule has 4 rings (SSSR count). The van der Waals surface area contributed by atoms with Crippen molar-refractivity contribution >= 4 is 11.9 Å². The number of hydrogen-bond acceptors (Lipinski definition) is 5. The Balaban J connectivity index is 1.70. The van der Waals surface area contributed by atoms with E-state index < -0.39 is 5.97 Å². The van der Waals surface area contributed by atoms with E-state index in [4.69, 9.17) is 0 Å². The third-order valence-corrected chi connectivity index (χ3v) is 4.49. The second kappa shape index (κ2) is 7.93. The van der Waals surface area contributed by atoms with Gasteiger partial charge in [0.1, 0.15) is 11.6 Å². The highest BCUT2D eigenvalue weighted by Crippen LogP contribution is 2.23. The van der Waals surface area contributed by atoms with Crippen molar-refractivity contribution in [3.05, 3.63) is 90.4 Å². The first-order valence-electron chi connectivity index (χ1n) is 9.15. The summed E-state index contributed by atoms with van der Waals surface area (Å²) >= 11 is 0. The van der Waals surface area contributed by atoms with Gasteiger partial charge < -0.3 is 10.4 Å². The maximum atomic E-state index is 11.5. The lowest BCUT2D eigenvalue weighted by Gasteiger charge is -2.15. The summed E-state index contributed by atoms with van der Waals surface area (Å²) in [6.07, 6.45) is 3.11. The third-order valence-electron chi connectivity index (χ3n) is 4.49. The molecule has 1 unspecified atom stereocenters. The average molecular weight is 385 g/mol. The van der Waals surface area contributed by atoms with E-state index in [1.807, 2.05) is 67.6 Å². The number of anilines is 1. The Morgan fingerprint density at radius 1 is 1.00 bits per heavy atom. The van der Waals surface area contributed by atoms with Crippen molar-refractivity contribution in [1.82, 2.24) is 19.5 Å². The molecule has 2 N–H and O–H groups in total. The molecule has 0 bridgehead atoms. The minimum Gasteiger partial charge on any atom is -0.476 e. The van der Waals surface area contributed by atoms with Gasteiger partial charge in [-0.3, -0.25) is 4.57 Å². The molecule has 2 heterocycles. The number of aromatic carboxylic acids is 1. The summed E-state index contributed by atoms with van der Waals surface area (Å²) in [6, 6.07) is 21.1. The molecule has 0 aliphatic carbocycles.